The smallest absolute Gasteiger partial charge is 0.311 e. The van der Waals surface area contributed by atoms with Gasteiger partial charge in [-0.3, -0.25) is 14.4 Å². The first-order valence-corrected chi connectivity index (χ1v) is 7.21. The van der Waals surface area contributed by atoms with Crippen LogP contribution in [0.5, 0.6) is 5.75 Å². The molecule has 0 aliphatic carbocycles. The molecule has 0 atom stereocenters. The first kappa shape index (κ1) is 16.4. The zero-order valence-corrected chi connectivity index (χ0v) is 12.7. The minimum atomic E-state index is -0.471. The van der Waals surface area contributed by atoms with Crippen LogP contribution in [-0.2, 0) is 9.59 Å². The lowest BCUT2D eigenvalue weighted by molar-refractivity contribution is -0.134. The molecule has 0 aliphatic heterocycles. The van der Waals surface area contributed by atoms with Crippen LogP contribution in [0.15, 0.2) is 54.6 Å². The second kappa shape index (κ2) is 7.89. The molecule has 2 aromatic rings. The molecule has 0 aliphatic rings. The second-order valence-electron chi connectivity index (χ2n) is 4.97. The standard InChI is InChI=1S/C18H17NO4/c1-13(20)19-15-7-9-16(10-8-15)23-18(22)12-11-17(21)14-5-3-2-4-6-14/h2-10H,11-12H2,1H3,(H,19,20). The van der Waals surface area contributed by atoms with Crippen LogP contribution in [0.1, 0.15) is 30.1 Å². The number of benzene rings is 2. The molecule has 5 nitrogen and oxygen atoms in total. The lowest BCUT2D eigenvalue weighted by atomic mass is 10.1. The predicted octanol–water partition coefficient (Wildman–Crippen LogP) is 3.21. The molecule has 23 heavy (non-hydrogen) atoms. The Kier molecular flexibility index (Phi) is 5.63. The molecule has 0 aromatic heterocycles. The van der Waals surface area contributed by atoms with E-state index in [2.05, 4.69) is 5.32 Å². The van der Waals surface area contributed by atoms with Gasteiger partial charge in [-0.2, -0.15) is 0 Å². The maximum Gasteiger partial charge on any atom is 0.311 e. The number of ketones is 1. The highest BCUT2D eigenvalue weighted by Crippen LogP contribution is 2.16. The molecule has 118 valence electrons. The molecule has 0 unspecified atom stereocenters. The van der Waals surface area contributed by atoms with Crippen LogP contribution in [0.3, 0.4) is 0 Å². The maximum absolute atomic E-state index is 11.9. The number of carbonyl (C=O) groups is 3. The van der Waals surface area contributed by atoms with Gasteiger partial charge in [-0.25, -0.2) is 0 Å². The van der Waals surface area contributed by atoms with Crippen molar-refractivity contribution in [2.24, 2.45) is 0 Å². The van der Waals surface area contributed by atoms with E-state index in [-0.39, 0.29) is 24.5 Å². The van der Waals surface area contributed by atoms with Crippen molar-refractivity contribution in [3.8, 4) is 5.75 Å². The summed E-state index contributed by atoms with van der Waals surface area (Å²) in [4.78, 5) is 34.6. The van der Waals surface area contributed by atoms with Crippen molar-refractivity contribution < 1.29 is 19.1 Å². The average molecular weight is 311 g/mol. The van der Waals surface area contributed by atoms with Crippen LogP contribution in [0, 0.1) is 0 Å². The minimum Gasteiger partial charge on any atom is -0.427 e. The number of esters is 1. The van der Waals surface area contributed by atoms with Crippen LogP contribution < -0.4 is 10.1 Å². The molecule has 1 amide bonds. The van der Waals surface area contributed by atoms with Crippen LogP contribution in [-0.4, -0.2) is 17.7 Å². The number of rotatable bonds is 6. The van der Waals surface area contributed by atoms with Gasteiger partial charge in [-0.1, -0.05) is 30.3 Å². The zero-order chi connectivity index (χ0) is 16.7. The lowest BCUT2D eigenvalue weighted by Crippen LogP contribution is -2.11. The molecule has 0 heterocycles. The van der Waals surface area contributed by atoms with E-state index in [4.69, 9.17) is 4.74 Å². The van der Waals surface area contributed by atoms with E-state index in [0.717, 1.165) is 0 Å². The first-order chi connectivity index (χ1) is 11.0. The molecular formula is C18H17NO4. The largest absolute Gasteiger partial charge is 0.427 e. The number of ether oxygens (including phenoxy) is 1. The van der Waals surface area contributed by atoms with Gasteiger partial charge >= 0.3 is 5.97 Å². The van der Waals surface area contributed by atoms with Gasteiger partial charge in [0.2, 0.25) is 5.91 Å². The van der Waals surface area contributed by atoms with Gasteiger partial charge in [-0.05, 0) is 24.3 Å². The fourth-order valence-corrected chi connectivity index (χ4v) is 1.98. The highest BCUT2D eigenvalue weighted by atomic mass is 16.5. The van der Waals surface area contributed by atoms with Crippen LogP contribution >= 0.6 is 0 Å². The Morgan fingerprint density at radius 3 is 2.17 bits per heavy atom. The van der Waals surface area contributed by atoms with Gasteiger partial charge in [-0.15, -0.1) is 0 Å². The van der Waals surface area contributed by atoms with Crippen molar-refractivity contribution in [2.75, 3.05) is 5.32 Å². The van der Waals surface area contributed by atoms with Gasteiger partial charge < -0.3 is 10.1 Å². The fourth-order valence-electron chi connectivity index (χ4n) is 1.98. The summed E-state index contributed by atoms with van der Waals surface area (Å²) in [5.74, 6) is -0.365. The Balaban J connectivity index is 1.83. The number of hydrogen-bond donors (Lipinski definition) is 1. The van der Waals surface area contributed by atoms with Crippen molar-refractivity contribution in [1.82, 2.24) is 0 Å². The van der Waals surface area contributed by atoms with Gasteiger partial charge in [0.1, 0.15) is 5.75 Å². The predicted molar refractivity (Wildman–Crippen MR) is 86.4 cm³/mol. The van der Waals surface area contributed by atoms with E-state index in [1.807, 2.05) is 6.07 Å². The molecule has 5 heteroatoms. The topological polar surface area (TPSA) is 72.5 Å². The van der Waals surface area contributed by atoms with Crippen molar-refractivity contribution in [3.63, 3.8) is 0 Å². The molecule has 2 rings (SSSR count). The average Bonchev–Trinajstić information content (AvgIpc) is 2.55. The molecule has 0 saturated heterocycles. The van der Waals surface area contributed by atoms with Gasteiger partial charge in [0.05, 0.1) is 6.42 Å². The van der Waals surface area contributed by atoms with Crippen molar-refractivity contribution >= 4 is 23.3 Å². The number of anilines is 1. The van der Waals surface area contributed by atoms with Crippen molar-refractivity contribution in [2.45, 2.75) is 19.8 Å². The molecule has 0 radical (unpaired) electrons. The molecule has 0 saturated carbocycles. The van der Waals surface area contributed by atoms with E-state index in [1.54, 1.807) is 48.5 Å². The highest BCUT2D eigenvalue weighted by Gasteiger charge is 2.10. The summed E-state index contributed by atoms with van der Waals surface area (Å²) in [5, 5.41) is 2.62. The third-order valence-electron chi connectivity index (χ3n) is 3.06. The Bertz CT molecular complexity index is 693. The number of carbonyl (C=O) groups excluding carboxylic acids is 3. The highest BCUT2D eigenvalue weighted by molar-refractivity contribution is 5.97. The second-order valence-corrected chi connectivity index (χ2v) is 4.97. The quantitative estimate of drug-likeness (QED) is 0.505. The van der Waals surface area contributed by atoms with E-state index < -0.39 is 5.97 Å². The lowest BCUT2D eigenvalue weighted by Gasteiger charge is -2.06. The number of amides is 1. The number of Topliss-reactive ketones (excluding diaryl/α,β-unsaturated/α-hetero) is 1. The molecule has 0 bridgehead atoms. The minimum absolute atomic E-state index is 0.0151. The van der Waals surface area contributed by atoms with Crippen molar-refractivity contribution in [1.29, 1.82) is 0 Å². The summed E-state index contributed by atoms with van der Waals surface area (Å²) in [6.45, 7) is 1.41. The Labute approximate surface area is 134 Å². The molecule has 0 fully saturated rings. The summed E-state index contributed by atoms with van der Waals surface area (Å²) in [6, 6.07) is 15.3. The van der Waals surface area contributed by atoms with Crippen LogP contribution in [0.2, 0.25) is 0 Å². The molecule has 2 aromatic carbocycles. The Morgan fingerprint density at radius 1 is 0.913 bits per heavy atom. The van der Waals surface area contributed by atoms with Gasteiger partial charge in [0, 0.05) is 24.6 Å². The monoisotopic (exact) mass is 311 g/mol. The fraction of sp³-hybridized carbons (Fsp3) is 0.167. The number of nitrogens with one attached hydrogen (secondary N) is 1. The summed E-state index contributed by atoms with van der Waals surface area (Å²) < 4.78 is 5.16. The third kappa shape index (κ3) is 5.39. The van der Waals surface area contributed by atoms with E-state index in [1.165, 1.54) is 6.92 Å². The van der Waals surface area contributed by atoms with E-state index in [9.17, 15) is 14.4 Å². The van der Waals surface area contributed by atoms with Gasteiger partial charge in [0.15, 0.2) is 5.78 Å². The summed E-state index contributed by atoms with van der Waals surface area (Å²) in [7, 11) is 0. The molecule has 0 spiro atoms. The molecule has 1 N–H and O–H groups in total. The summed E-state index contributed by atoms with van der Waals surface area (Å²) in [5.41, 5.74) is 1.21. The Hall–Kier alpha value is -2.95. The zero-order valence-electron chi connectivity index (χ0n) is 12.7. The SMILES string of the molecule is CC(=O)Nc1ccc(OC(=O)CCC(=O)c2ccccc2)cc1. The first-order valence-electron chi connectivity index (χ1n) is 7.21. The van der Waals surface area contributed by atoms with E-state index in [0.29, 0.717) is 17.0 Å². The van der Waals surface area contributed by atoms with Crippen LogP contribution in [0.25, 0.3) is 0 Å². The van der Waals surface area contributed by atoms with Crippen molar-refractivity contribution in [3.05, 3.63) is 60.2 Å². The summed E-state index contributed by atoms with van der Waals surface area (Å²) >= 11 is 0. The maximum atomic E-state index is 11.9. The number of hydrogen-bond acceptors (Lipinski definition) is 4. The Morgan fingerprint density at radius 2 is 1.57 bits per heavy atom. The van der Waals surface area contributed by atoms with Crippen LogP contribution in [0.4, 0.5) is 5.69 Å². The van der Waals surface area contributed by atoms with E-state index >= 15 is 0 Å². The summed E-state index contributed by atoms with van der Waals surface area (Å²) in [6.07, 6.45) is 0.119. The third-order valence-corrected chi connectivity index (χ3v) is 3.06. The molecular weight excluding hydrogens is 294 g/mol. The van der Waals surface area contributed by atoms with Gasteiger partial charge in [0.25, 0.3) is 0 Å². The normalized spacial score (nSPS) is 9.96.